The van der Waals surface area contributed by atoms with E-state index >= 15 is 0 Å². The Hall–Kier alpha value is -2.83. The highest BCUT2D eigenvalue weighted by molar-refractivity contribution is 5.94. The second kappa shape index (κ2) is 6.08. The van der Waals surface area contributed by atoms with Crippen LogP contribution in [0.1, 0.15) is 23.5 Å². The number of methoxy groups -OCH3 is 1. The molecule has 3 N–H and O–H groups in total. The molecule has 0 spiro atoms. The van der Waals surface area contributed by atoms with Gasteiger partial charge in [0.2, 0.25) is 5.91 Å². The predicted octanol–water partition coefficient (Wildman–Crippen LogP) is 1.45. The van der Waals surface area contributed by atoms with Crippen LogP contribution in [0.3, 0.4) is 0 Å². The lowest BCUT2D eigenvalue weighted by molar-refractivity contribution is -0.119. The van der Waals surface area contributed by atoms with Gasteiger partial charge in [0.05, 0.1) is 12.8 Å². The summed E-state index contributed by atoms with van der Waals surface area (Å²) in [5.41, 5.74) is 6.54. The molecule has 1 amide bonds. The second-order valence-corrected chi connectivity index (χ2v) is 4.44. The molecule has 0 saturated heterocycles. The van der Waals surface area contributed by atoms with E-state index < -0.39 is 12.0 Å². The number of benzene rings is 1. The molecule has 0 aliphatic carbocycles. The van der Waals surface area contributed by atoms with Crippen molar-refractivity contribution in [2.24, 2.45) is 0 Å². The molecule has 0 aliphatic heterocycles. The maximum Gasteiger partial charge on any atom is 0.360 e. The van der Waals surface area contributed by atoms with Crippen LogP contribution in [0.4, 0.5) is 11.4 Å². The summed E-state index contributed by atoms with van der Waals surface area (Å²) in [5.74, 6) is -0.901. The monoisotopic (exact) mass is 288 g/mol. The molecule has 110 valence electrons. The van der Waals surface area contributed by atoms with Crippen LogP contribution in [-0.4, -0.2) is 28.8 Å². The Labute approximate surface area is 121 Å². The summed E-state index contributed by atoms with van der Waals surface area (Å²) in [7, 11) is 1.24. The van der Waals surface area contributed by atoms with Gasteiger partial charge in [-0.3, -0.25) is 9.48 Å². The number of amides is 1. The molecule has 2 aromatic rings. The zero-order chi connectivity index (χ0) is 15.4. The van der Waals surface area contributed by atoms with Crippen LogP contribution in [0.5, 0.6) is 0 Å². The molecule has 21 heavy (non-hydrogen) atoms. The minimum Gasteiger partial charge on any atom is -0.464 e. The molecule has 1 heterocycles. The normalized spacial score (nSPS) is 11.7. The molecule has 0 saturated carbocycles. The fourth-order valence-electron chi connectivity index (χ4n) is 1.75. The van der Waals surface area contributed by atoms with Gasteiger partial charge in [-0.1, -0.05) is 18.2 Å². The maximum atomic E-state index is 12.1. The lowest BCUT2D eigenvalue weighted by atomic mass is 10.3. The summed E-state index contributed by atoms with van der Waals surface area (Å²) in [5, 5.41) is 6.75. The van der Waals surface area contributed by atoms with E-state index in [1.54, 1.807) is 19.1 Å². The minimum absolute atomic E-state index is 0.00291. The van der Waals surface area contributed by atoms with Crippen LogP contribution in [0.25, 0.3) is 0 Å². The number of nitrogens with zero attached hydrogens (tertiary/aromatic N) is 2. The first kappa shape index (κ1) is 14.6. The third-order valence-corrected chi connectivity index (χ3v) is 2.96. The molecule has 2 rings (SSSR count). The number of rotatable bonds is 4. The van der Waals surface area contributed by atoms with Crippen molar-refractivity contribution >= 4 is 23.3 Å². The number of nitrogens with two attached hydrogens (primary N) is 1. The minimum atomic E-state index is -0.637. The van der Waals surface area contributed by atoms with Crippen molar-refractivity contribution in [1.29, 1.82) is 0 Å². The average molecular weight is 288 g/mol. The van der Waals surface area contributed by atoms with Crippen LogP contribution in [0.15, 0.2) is 36.5 Å². The number of para-hydroxylation sites is 1. The maximum absolute atomic E-state index is 12.1. The van der Waals surface area contributed by atoms with E-state index in [0.29, 0.717) is 5.69 Å². The van der Waals surface area contributed by atoms with Crippen LogP contribution in [0, 0.1) is 0 Å². The number of nitrogen functional groups attached to an aromatic ring is 1. The van der Waals surface area contributed by atoms with Crippen molar-refractivity contribution < 1.29 is 14.3 Å². The number of carbonyl (C=O) groups is 2. The van der Waals surface area contributed by atoms with E-state index in [1.807, 2.05) is 18.2 Å². The van der Waals surface area contributed by atoms with Gasteiger partial charge in [0.15, 0.2) is 5.69 Å². The molecule has 0 fully saturated rings. The predicted molar refractivity (Wildman–Crippen MR) is 77.8 cm³/mol. The van der Waals surface area contributed by atoms with Crippen LogP contribution >= 0.6 is 0 Å². The van der Waals surface area contributed by atoms with Crippen LogP contribution < -0.4 is 11.1 Å². The molecule has 7 heteroatoms. The first-order valence-corrected chi connectivity index (χ1v) is 6.31. The Morgan fingerprint density at radius 2 is 2.00 bits per heavy atom. The molecule has 1 aromatic carbocycles. The standard InChI is InChI=1S/C14H16N4O3/c1-9(13(19)16-10-6-4-3-5-7-10)18-8-11(15)12(17-18)14(20)21-2/h3-9H,15H2,1-2H3,(H,16,19). The quantitative estimate of drug-likeness (QED) is 0.829. The van der Waals surface area contributed by atoms with E-state index in [1.165, 1.54) is 18.0 Å². The van der Waals surface area contributed by atoms with Gasteiger partial charge in [0, 0.05) is 11.9 Å². The van der Waals surface area contributed by atoms with Crippen molar-refractivity contribution in [3.63, 3.8) is 0 Å². The Bertz CT molecular complexity index is 651. The number of anilines is 2. The van der Waals surface area contributed by atoms with Gasteiger partial charge in [-0.2, -0.15) is 5.10 Å². The third-order valence-electron chi connectivity index (χ3n) is 2.96. The second-order valence-electron chi connectivity index (χ2n) is 4.44. The molecule has 1 aromatic heterocycles. The number of nitrogens with one attached hydrogen (secondary N) is 1. The topological polar surface area (TPSA) is 99.2 Å². The first-order valence-electron chi connectivity index (χ1n) is 6.31. The van der Waals surface area contributed by atoms with Crippen molar-refractivity contribution in [2.75, 3.05) is 18.2 Å². The van der Waals surface area contributed by atoms with Crippen LogP contribution in [0.2, 0.25) is 0 Å². The smallest absolute Gasteiger partial charge is 0.360 e. The Morgan fingerprint density at radius 3 is 2.62 bits per heavy atom. The fourth-order valence-corrected chi connectivity index (χ4v) is 1.75. The summed E-state index contributed by atoms with van der Waals surface area (Å²) in [6.45, 7) is 1.66. The number of aromatic nitrogens is 2. The molecular weight excluding hydrogens is 272 g/mol. The summed E-state index contributed by atoms with van der Waals surface area (Å²) in [6, 6.07) is 8.44. The highest BCUT2D eigenvalue weighted by Crippen LogP contribution is 2.16. The van der Waals surface area contributed by atoms with E-state index in [2.05, 4.69) is 15.2 Å². The summed E-state index contributed by atoms with van der Waals surface area (Å²) < 4.78 is 5.90. The van der Waals surface area contributed by atoms with Gasteiger partial charge in [-0.05, 0) is 19.1 Å². The Balaban J connectivity index is 2.14. The van der Waals surface area contributed by atoms with Crippen molar-refractivity contribution in [3.05, 3.63) is 42.2 Å². The first-order chi connectivity index (χ1) is 10.0. The molecule has 1 unspecified atom stereocenters. The lowest BCUT2D eigenvalue weighted by Crippen LogP contribution is -2.24. The highest BCUT2D eigenvalue weighted by atomic mass is 16.5. The third kappa shape index (κ3) is 3.19. The largest absolute Gasteiger partial charge is 0.464 e. The van der Waals surface area contributed by atoms with Gasteiger partial charge in [-0.15, -0.1) is 0 Å². The van der Waals surface area contributed by atoms with Gasteiger partial charge in [-0.25, -0.2) is 4.79 Å². The number of carbonyl (C=O) groups excluding carboxylic acids is 2. The van der Waals surface area contributed by atoms with Crippen molar-refractivity contribution in [3.8, 4) is 0 Å². The summed E-state index contributed by atoms with van der Waals surface area (Å²) >= 11 is 0. The van der Waals surface area contributed by atoms with Crippen molar-refractivity contribution in [2.45, 2.75) is 13.0 Å². The number of ether oxygens (including phenoxy) is 1. The van der Waals surface area contributed by atoms with Gasteiger partial charge in [0.1, 0.15) is 6.04 Å². The zero-order valence-electron chi connectivity index (χ0n) is 11.7. The fraction of sp³-hybridized carbons (Fsp3) is 0.214. The molecule has 7 nitrogen and oxygen atoms in total. The van der Waals surface area contributed by atoms with E-state index in [9.17, 15) is 9.59 Å². The number of esters is 1. The van der Waals surface area contributed by atoms with Crippen molar-refractivity contribution in [1.82, 2.24) is 9.78 Å². The van der Waals surface area contributed by atoms with Gasteiger partial charge in [0.25, 0.3) is 0 Å². The molecule has 1 atom stereocenters. The Morgan fingerprint density at radius 1 is 1.33 bits per heavy atom. The SMILES string of the molecule is COC(=O)c1nn(C(C)C(=O)Nc2ccccc2)cc1N. The Kier molecular flexibility index (Phi) is 4.22. The van der Waals surface area contributed by atoms with Gasteiger partial charge < -0.3 is 15.8 Å². The number of hydrogen-bond donors (Lipinski definition) is 2. The van der Waals surface area contributed by atoms with Gasteiger partial charge >= 0.3 is 5.97 Å². The lowest BCUT2D eigenvalue weighted by Gasteiger charge is -2.12. The summed E-state index contributed by atoms with van der Waals surface area (Å²) in [4.78, 5) is 23.6. The van der Waals surface area contributed by atoms with E-state index in [-0.39, 0.29) is 17.3 Å². The van der Waals surface area contributed by atoms with E-state index in [4.69, 9.17) is 5.73 Å². The van der Waals surface area contributed by atoms with E-state index in [0.717, 1.165) is 0 Å². The van der Waals surface area contributed by atoms with Crippen LogP contribution in [-0.2, 0) is 9.53 Å². The molecule has 0 radical (unpaired) electrons. The zero-order valence-corrected chi connectivity index (χ0v) is 11.7. The summed E-state index contributed by atoms with van der Waals surface area (Å²) in [6.07, 6.45) is 1.43. The highest BCUT2D eigenvalue weighted by Gasteiger charge is 2.21. The molecular formula is C14H16N4O3. The number of hydrogen-bond acceptors (Lipinski definition) is 5. The average Bonchev–Trinajstić information content (AvgIpc) is 2.88. The molecule has 0 aliphatic rings. The molecule has 0 bridgehead atoms.